The molecular weight excluding hydrogens is 379 g/mol. The van der Waals surface area contributed by atoms with Crippen LogP contribution in [-0.2, 0) is 6.42 Å². The highest BCUT2D eigenvalue weighted by molar-refractivity contribution is 5.85. The van der Waals surface area contributed by atoms with Crippen molar-refractivity contribution in [3.8, 4) is 11.8 Å². The van der Waals surface area contributed by atoms with Crippen LogP contribution in [0.5, 0.6) is 0 Å². The first-order valence-corrected chi connectivity index (χ1v) is 11.9. The molecule has 3 aromatic rings. The van der Waals surface area contributed by atoms with Gasteiger partial charge in [0.25, 0.3) is 0 Å². The SMILES string of the molecule is CCCC1CCC(CCc2ccc3cc(C#Cc4ccc(C)cc4)ccc3c2F)CC1. The summed E-state index contributed by atoms with van der Waals surface area (Å²) in [6.45, 7) is 4.36. The van der Waals surface area contributed by atoms with Crippen LogP contribution in [0, 0.1) is 36.4 Å². The van der Waals surface area contributed by atoms with Crippen LogP contribution in [-0.4, -0.2) is 0 Å². The summed E-state index contributed by atoms with van der Waals surface area (Å²) in [4.78, 5) is 0. The van der Waals surface area contributed by atoms with Crippen LogP contribution >= 0.6 is 0 Å². The number of hydrogen-bond donors (Lipinski definition) is 0. The molecule has 1 fully saturated rings. The van der Waals surface area contributed by atoms with Gasteiger partial charge >= 0.3 is 0 Å². The number of rotatable bonds is 5. The predicted octanol–water partition coefficient (Wildman–Crippen LogP) is 8.23. The lowest BCUT2D eigenvalue weighted by Crippen LogP contribution is -2.15. The minimum atomic E-state index is -0.0461. The van der Waals surface area contributed by atoms with Crippen LogP contribution in [0.3, 0.4) is 0 Å². The largest absolute Gasteiger partial charge is 0.206 e. The van der Waals surface area contributed by atoms with Gasteiger partial charge in [-0.1, -0.05) is 93.2 Å². The van der Waals surface area contributed by atoms with E-state index in [1.807, 2.05) is 36.4 Å². The van der Waals surface area contributed by atoms with Crippen molar-refractivity contribution < 1.29 is 4.39 Å². The topological polar surface area (TPSA) is 0 Å². The Balaban J connectivity index is 1.42. The first kappa shape index (κ1) is 21.6. The van der Waals surface area contributed by atoms with Gasteiger partial charge < -0.3 is 0 Å². The summed E-state index contributed by atoms with van der Waals surface area (Å²) in [7, 11) is 0. The molecule has 0 unspecified atom stereocenters. The monoisotopic (exact) mass is 412 g/mol. The fourth-order valence-corrected chi connectivity index (χ4v) is 4.97. The average Bonchev–Trinajstić information content (AvgIpc) is 2.79. The third kappa shape index (κ3) is 5.56. The zero-order chi connectivity index (χ0) is 21.6. The van der Waals surface area contributed by atoms with Crippen molar-refractivity contribution in [1.82, 2.24) is 0 Å². The summed E-state index contributed by atoms with van der Waals surface area (Å²) < 4.78 is 15.2. The Hall–Kier alpha value is -2.59. The van der Waals surface area contributed by atoms with Crippen LogP contribution in [0.1, 0.15) is 74.1 Å². The molecule has 0 atom stereocenters. The molecule has 0 N–H and O–H groups in total. The zero-order valence-corrected chi connectivity index (χ0v) is 18.9. The number of halogens is 1. The molecule has 0 nitrogen and oxygen atoms in total. The summed E-state index contributed by atoms with van der Waals surface area (Å²) in [5.41, 5.74) is 4.01. The van der Waals surface area contributed by atoms with E-state index in [1.54, 1.807) is 0 Å². The lowest BCUT2D eigenvalue weighted by atomic mass is 9.78. The molecule has 4 rings (SSSR count). The van der Waals surface area contributed by atoms with Crippen molar-refractivity contribution in [2.45, 2.75) is 65.2 Å². The van der Waals surface area contributed by atoms with Crippen LogP contribution < -0.4 is 0 Å². The molecule has 0 spiro atoms. The van der Waals surface area contributed by atoms with Crippen molar-refractivity contribution >= 4 is 10.8 Å². The van der Waals surface area contributed by atoms with E-state index in [2.05, 4.69) is 43.9 Å². The Morgan fingerprint density at radius 3 is 2.16 bits per heavy atom. The summed E-state index contributed by atoms with van der Waals surface area (Å²) >= 11 is 0. The minimum Gasteiger partial charge on any atom is -0.206 e. The Labute approximate surface area is 186 Å². The Bertz CT molecular complexity index is 1070. The molecule has 1 heteroatoms. The third-order valence-corrected chi connectivity index (χ3v) is 6.92. The molecular formula is C30H33F. The first-order valence-electron chi connectivity index (χ1n) is 11.9. The average molecular weight is 413 g/mol. The van der Waals surface area contributed by atoms with Gasteiger partial charge in [0, 0.05) is 16.5 Å². The van der Waals surface area contributed by atoms with Crippen LogP contribution in [0.15, 0.2) is 54.6 Å². The maximum atomic E-state index is 15.2. The maximum absolute atomic E-state index is 15.2. The van der Waals surface area contributed by atoms with E-state index < -0.39 is 0 Å². The predicted molar refractivity (Wildman–Crippen MR) is 130 cm³/mol. The summed E-state index contributed by atoms with van der Waals surface area (Å²) in [5, 5.41) is 1.64. The highest BCUT2D eigenvalue weighted by Gasteiger charge is 2.21. The molecule has 160 valence electrons. The van der Waals surface area contributed by atoms with Gasteiger partial charge in [0.2, 0.25) is 0 Å². The molecule has 0 amide bonds. The van der Waals surface area contributed by atoms with Gasteiger partial charge in [0.05, 0.1) is 0 Å². The van der Waals surface area contributed by atoms with Gasteiger partial charge in [-0.15, -0.1) is 0 Å². The zero-order valence-electron chi connectivity index (χ0n) is 18.9. The molecule has 31 heavy (non-hydrogen) atoms. The highest BCUT2D eigenvalue weighted by Crippen LogP contribution is 2.34. The van der Waals surface area contributed by atoms with Gasteiger partial charge in [-0.25, -0.2) is 4.39 Å². The van der Waals surface area contributed by atoms with E-state index in [9.17, 15) is 0 Å². The molecule has 1 aliphatic rings. The molecule has 0 aromatic heterocycles. The second-order valence-electron chi connectivity index (χ2n) is 9.30. The lowest BCUT2D eigenvalue weighted by molar-refractivity contribution is 0.252. The second-order valence-corrected chi connectivity index (χ2v) is 9.30. The van der Waals surface area contributed by atoms with E-state index in [1.165, 1.54) is 44.1 Å². The number of fused-ring (bicyclic) bond motifs is 1. The molecule has 0 radical (unpaired) electrons. The van der Waals surface area contributed by atoms with Gasteiger partial charge in [0.15, 0.2) is 0 Å². The molecule has 0 aliphatic heterocycles. The Morgan fingerprint density at radius 2 is 1.45 bits per heavy atom. The van der Waals surface area contributed by atoms with Gasteiger partial charge in [-0.05, 0) is 66.8 Å². The fourth-order valence-electron chi connectivity index (χ4n) is 4.97. The second kappa shape index (κ2) is 10.1. The minimum absolute atomic E-state index is 0.0461. The van der Waals surface area contributed by atoms with Crippen molar-refractivity contribution in [2.75, 3.05) is 0 Å². The number of aryl methyl sites for hydroxylation is 2. The summed E-state index contributed by atoms with van der Waals surface area (Å²) in [6.07, 6.45) is 10.0. The molecule has 0 bridgehead atoms. The molecule has 0 saturated heterocycles. The van der Waals surface area contributed by atoms with E-state index in [4.69, 9.17) is 0 Å². The third-order valence-electron chi connectivity index (χ3n) is 6.92. The summed E-state index contributed by atoms with van der Waals surface area (Å²) in [5.74, 6) is 8.07. The molecule has 1 saturated carbocycles. The fraction of sp³-hybridized carbons (Fsp3) is 0.400. The van der Waals surface area contributed by atoms with Crippen LogP contribution in [0.25, 0.3) is 10.8 Å². The first-order chi connectivity index (χ1) is 15.1. The molecule has 1 aliphatic carbocycles. The van der Waals surface area contributed by atoms with Crippen molar-refractivity contribution in [3.05, 3.63) is 82.7 Å². The normalized spacial score (nSPS) is 18.5. The highest BCUT2D eigenvalue weighted by atomic mass is 19.1. The van der Waals surface area contributed by atoms with Gasteiger partial charge in [-0.2, -0.15) is 0 Å². The quantitative estimate of drug-likeness (QED) is 0.370. The molecule has 0 heterocycles. The van der Waals surface area contributed by atoms with Gasteiger partial charge in [-0.3, -0.25) is 0 Å². The van der Waals surface area contributed by atoms with Crippen molar-refractivity contribution in [2.24, 2.45) is 11.8 Å². The van der Waals surface area contributed by atoms with Crippen LogP contribution in [0.4, 0.5) is 4.39 Å². The maximum Gasteiger partial charge on any atom is 0.134 e. The molecule has 3 aromatic carbocycles. The van der Waals surface area contributed by atoms with Crippen LogP contribution in [0.2, 0.25) is 0 Å². The number of benzene rings is 3. The van der Waals surface area contributed by atoms with E-state index >= 15 is 4.39 Å². The van der Waals surface area contributed by atoms with E-state index in [-0.39, 0.29) is 5.82 Å². The standard InChI is InChI=1S/C30H33F/c1-3-4-23-9-11-25(12-10-23)15-17-27-18-19-28-21-26(16-20-29(28)30(27)31)14-13-24-7-5-22(2)6-8-24/h5-8,16,18-21,23,25H,3-4,9-12,15,17H2,1-2H3. The Kier molecular flexibility index (Phi) is 7.08. The van der Waals surface area contributed by atoms with Crippen molar-refractivity contribution in [3.63, 3.8) is 0 Å². The number of hydrogen-bond acceptors (Lipinski definition) is 0. The van der Waals surface area contributed by atoms with Crippen molar-refractivity contribution in [1.29, 1.82) is 0 Å². The van der Waals surface area contributed by atoms with E-state index in [0.717, 1.165) is 46.8 Å². The smallest absolute Gasteiger partial charge is 0.134 e. The summed E-state index contributed by atoms with van der Waals surface area (Å²) in [6, 6.07) is 18.1. The lowest BCUT2D eigenvalue weighted by Gasteiger charge is -2.28. The van der Waals surface area contributed by atoms with Gasteiger partial charge in [0.1, 0.15) is 5.82 Å². The Morgan fingerprint density at radius 1 is 0.806 bits per heavy atom. The van der Waals surface area contributed by atoms with E-state index in [0.29, 0.717) is 5.39 Å².